The summed E-state index contributed by atoms with van der Waals surface area (Å²) in [4.78, 5) is 15.3. The van der Waals surface area contributed by atoms with Crippen LogP contribution >= 0.6 is 0 Å². The van der Waals surface area contributed by atoms with Gasteiger partial charge in [-0.05, 0) is 17.2 Å². The van der Waals surface area contributed by atoms with E-state index in [4.69, 9.17) is 5.11 Å². The molecule has 116 valence electrons. The second kappa shape index (κ2) is 5.62. The molecule has 2 heterocycles. The Morgan fingerprint density at radius 3 is 2.25 bits per heavy atom. The maximum atomic E-state index is 11.1. The molecule has 0 radical (unpaired) electrons. The van der Waals surface area contributed by atoms with Gasteiger partial charge < -0.3 is 5.11 Å². The number of hydrogen-bond acceptors (Lipinski definition) is 3. The van der Waals surface area contributed by atoms with Gasteiger partial charge in [0.1, 0.15) is 0 Å². The van der Waals surface area contributed by atoms with Crippen LogP contribution in [0.3, 0.4) is 0 Å². The lowest BCUT2D eigenvalue weighted by atomic mass is 10.0. The normalized spacial score (nSPS) is 10.8. The number of aromatic nitrogens is 3. The summed E-state index contributed by atoms with van der Waals surface area (Å²) in [6.07, 6.45) is 1.66. The van der Waals surface area contributed by atoms with E-state index in [0.717, 1.165) is 22.4 Å². The highest BCUT2D eigenvalue weighted by Gasteiger charge is 2.12. The van der Waals surface area contributed by atoms with Gasteiger partial charge in [0.25, 0.3) is 0 Å². The zero-order valence-corrected chi connectivity index (χ0v) is 12.6. The van der Waals surface area contributed by atoms with Gasteiger partial charge >= 0.3 is 5.97 Å². The molecule has 0 amide bonds. The fourth-order valence-electron chi connectivity index (χ4n) is 2.68. The van der Waals surface area contributed by atoms with Crippen LogP contribution in [-0.4, -0.2) is 25.7 Å². The highest BCUT2D eigenvalue weighted by molar-refractivity contribution is 5.87. The van der Waals surface area contributed by atoms with Gasteiger partial charge in [0, 0.05) is 17.8 Å². The molecule has 0 bridgehead atoms. The van der Waals surface area contributed by atoms with Crippen molar-refractivity contribution in [1.82, 2.24) is 14.6 Å². The predicted molar refractivity (Wildman–Crippen MR) is 90.8 cm³/mol. The van der Waals surface area contributed by atoms with Crippen LogP contribution in [0, 0.1) is 0 Å². The molecule has 0 saturated carbocycles. The average molecular weight is 315 g/mol. The molecule has 5 nitrogen and oxygen atoms in total. The number of aromatic carboxylic acids is 1. The molecule has 4 rings (SSSR count). The van der Waals surface area contributed by atoms with E-state index < -0.39 is 5.97 Å². The van der Waals surface area contributed by atoms with Crippen molar-refractivity contribution >= 4 is 11.6 Å². The minimum absolute atomic E-state index is 0.0177. The number of benzene rings is 2. The van der Waals surface area contributed by atoms with Crippen molar-refractivity contribution < 1.29 is 9.90 Å². The van der Waals surface area contributed by atoms with Gasteiger partial charge in [0.15, 0.2) is 11.3 Å². The van der Waals surface area contributed by atoms with Crippen LogP contribution in [0.1, 0.15) is 10.5 Å². The molecule has 24 heavy (non-hydrogen) atoms. The largest absolute Gasteiger partial charge is 0.476 e. The van der Waals surface area contributed by atoms with Crippen molar-refractivity contribution in [2.75, 3.05) is 0 Å². The standard InChI is InChI=1S/C19H13N3O2/c23-19(24)16-12-18-20-11-10-17(22(18)21-16)15-8-6-14(7-9-15)13-4-2-1-3-5-13/h1-12H,(H,23,24). The molecule has 0 aliphatic heterocycles. The number of rotatable bonds is 3. The zero-order chi connectivity index (χ0) is 16.5. The second-order valence-electron chi connectivity index (χ2n) is 5.38. The first-order valence-electron chi connectivity index (χ1n) is 7.46. The summed E-state index contributed by atoms with van der Waals surface area (Å²) in [5.74, 6) is -1.06. The molecule has 0 atom stereocenters. The van der Waals surface area contributed by atoms with Crippen molar-refractivity contribution in [3.63, 3.8) is 0 Å². The van der Waals surface area contributed by atoms with Crippen LogP contribution in [0.4, 0.5) is 0 Å². The van der Waals surface area contributed by atoms with Crippen molar-refractivity contribution in [3.05, 3.63) is 78.6 Å². The molecule has 0 fully saturated rings. The van der Waals surface area contributed by atoms with Crippen LogP contribution in [0.2, 0.25) is 0 Å². The summed E-state index contributed by atoms with van der Waals surface area (Å²) in [5.41, 5.74) is 4.51. The molecule has 5 heteroatoms. The lowest BCUT2D eigenvalue weighted by Crippen LogP contribution is -1.99. The van der Waals surface area contributed by atoms with E-state index in [-0.39, 0.29) is 5.69 Å². The van der Waals surface area contributed by atoms with E-state index in [9.17, 15) is 4.79 Å². The smallest absolute Gasteiger partial charge is 0.356 e. The van der Waals surface area contributed by atoms with E-state index in [1.807, 2.05) is 48.5 Å². The van der Waals surface area contributed by atoms with Crippen LogP contribution in [0.5, 0.6) is 0 Å². The topological polar surface area (TPSA) is 67.5 Å². The van der Waals surface area contributed by atoms with Crippen LogP contribution in [0.25, 0.3) is 28.0 Å². The second-order valence-corrected chi connectivity index (χ2v) is 5.38. The Morgan fingerprint density at radius 1 is 0.875 bits per heavy atom. The lowest BCUT2D eigenvalue weighted by molar-refractivity contribution is 0.0690. The number of carboxylic acids is 1. The zero-order valence-electron chi connectivity index (χ0n) is 12.6. The maximum Gasteiger partial charge on any atom is 0.356 e. The number of carbonyl (C=O) groups is 1. The Balaban J connectivity index is 1.79. The molecular weight excluding hydrogens is 302 g/mol. The summed E-state index contributed by atoms with van der Waals surface area (Å²) in [7, 11) is 0. The first kappa shape index (κ1) is 14.1. The Bertz CT molecular complexity index is 1020. The highest BCUT2D eigenvalue weighted by atomic mass is 16.4. The summed E-state index contributed by atoms with van der Waals surface area (Å²) in [5, 5.41) is 13.2. The quantitative estimate of drug-likeness (QED) is 0.625. The lowest BCUT2D eigenvalue weighted by Gasteiger charge is -2.06. The number of fused-ring (bicyclic) bond motifs is 1. The molecule has 2 aromatic carbocycles. The van der Waals surface area contributed by atoms with E-state index >= 15 is 0 Å². The third-order valence-electron chi connectivity index (χ3n) is 3.86. The van der Waals surface area contributed by atoms with Gasteiger partial charge in [0.2, 0.25) is 0 Å². The monoisotopic (exact) mass is 315 g/mol. The highest BCUT2D eigenvalue weighted by Crippen LogP contribution is 2.25. The Morgan fingerprint density at radius 2 is 1.54 bits per heavy atom. The van der Waals surface area contributed by atoms with Crippen LogP contribution in [-0.2, 0) is 0 Å². The minimum atomic E-state index is -1.06. The maximum absolute atomic E-state index is 11.1. The van der Waals surface area contributed by atoms with Gasteiger partial charge in [-0.25, -0.2) is 14.3 Å². The van der Waals surface area contributed by atoms with Gasteiger partial charge in [0.05, 0.1) is 5.69 Å². The van der Waals surface area contributed by atoms with Crippen molar-refractivity contribution in [2.24, 2.45) is 0 Å². The van der Waals surface area contributed by atoms with Crippen molar-refractivity contribution in [2.45, 2.75) is 0 Å². The molecule has 0 saturated heterocycles. The van der Waals surface area contributed by atoms with E-state index in [0.29, 0.717) is 5.65 Å². The third kappa shape index (κ3) is 2.42. The molecule has 0 aliphatic carbocycles. The minimum Gasteiger partial charge on any atom is -0.476 e. The molecule has 0 aliphatic rings. The number of hydrogen-bond donors (Lipinski definition) is 1. The van der Waals surface area contributed by atoms with Crippen molar-refractivity contribution in [3.8, 4) is 22.4 Å². The Kier molecular flexibility index (Phi) is 3.31. The molecule has 2 aromatic heterocycles. The van der Waals surface area contributed by atoms with Gasteiger partial charge in [-0.2, -0.15) is 5.10 Å². The molecular formula is C19H13N3O2. The van der Waals surface area contributed by atoms with Gasteiger partial charge in [-0.3, -0.25) is 0 Å². The molecule has 0 unspecified atom stereocenters. The van der Waals surface area contributed by atoms with E-state index in [1.165, 1.54) is 6.07 Å². The Hall–Kier alpha value is -3.47. The summed E-state index contributed by atoms with van der Waals surface area (Å²) >= 11 is 0. The predicted octanol–water partition coefficient (Wildman–Crippen LogP) is 3.76. The SMILES string of the molecule is O=C(O)c1cc2nccc(-c3ccc(-c4ccccc4)cc3)n2n1. The number of nitrogens with zero attached hydrogens (tertiary/aromatic N) is 3. The first-order chi connectivity index (χ1) is 11.7. The summed E-state index contributed by atoms with van der Waals surface area (Å²) in [6, 6.07) is 21.5. The van der Waals surface area contributed by atoms with Gasteiger partial charge in [-0.15, -0.1) is 0 Å². The summed E-state index contributed by atoms with van der Waals surface area (Å²) in [6.45, 7) is 0. The van der Waals surface area contributed by atoms with E-state index in [2.05, 4.69) is 22.2 Å². The molecule has 1 N–H and O–H groups in total. The van der Waals surface area contributed by atoms with Crippen LogP contribution in [0.15, 0.2) is 72.9 Å². The fourth-order valence-corrected chi connectivity index (χ4v) is 2.68. The summed E-state index contributed by atoms with van der Waals surface area (Å²) < 4.78 is 1.56. The average Bonchev–Trinajstić information content (AvgIpc) is 3.07. The molecule has 0 spiro atoms. The van der Waals surface area contributed by atoms with Crippen molar-refractivity contribution in [1.29, 1.82) is 0 Å². The fraction of sp³-hybridized carbons (Fsp3) is 0. The third-order valence-corrected chi connectivity index (χ3v) is 3.86. The first-order valence-corrected chi connectivity index (χ1v) is 7.46. The Labute approximate surface area is 137 Å². The molecule has 4 aromatic rings. The number of carboxylic acid groups (broad SMARTS) is 1. The van der Waals surface area contributed by atoms with Gasteiger partial charge in [-0.1, -0.05) is 54.6 Å². The van der Waals surface area contributed by atoms with Crippen LogP contribution < -0.4 is 0 Å². The van der Waals surface area contributed by atoms with E-state index in [1.54, 1.807) is 10.7 Å².